The molecule has 0 unspecified atom stereocenters. The maximum absolute atomic E-state index is 11.7. The van der Waals surface area contributed by atoms with Gasteiger partial charge < -0.3 is 20.1 Å². The molecule has 0 aliphatic rings. The highest BCUT2D eigenvalue weighted by Gasteiger charge is 2.15. The highest BCUT2D eigenvalue weighted by molar-refractivity contribution is 9.10. The Balaban J connectivity index is 2.48. The lowest BCUT2D eigenvalue weighted by atomic mass is 10.2. The molecule has 1 rings (SSSR count). The van der Waals surface area contributed by atoms with E-state index < -0.39 is 18.5 Å². The van der Waals surface area contributed by atoms with Crippen LogP contribution in [0.3, 0.4) is 0 Å². The third-order valence-electron chi connectivity index (χ3n) is 2.45. The first-order valence-corrected chi connectivity index (χ1v) is 6.73. The highest BCUT2D eigenvalue weighted by atomic mass is 79.9. The van der Waals surface area contributed by atoms with E-state index in [9.17, 15) is 19.5 Å². The number of ether oxygens (including phenoxy) is 1. The van der Waals surface area contributed by atoms with Gasteiger partial charge in [0.1, 0.15) is 11.3 Å². The third-order valence-corrected chi connectivity index (χ3v) is 2.94. The van der Waals surface area contributed by atoms with E-state index in [0.29, 0.717) is 4.47 Å². The molecule has 7 nitrogen and oxygen atoms in total. The summed E-state index contributed by atoms with van der Waals surface area (Å²) in [6.07, 6.45) is 0. The van der Waals surface area contributed by atoms with E-state index in [1.807, 2.05) is 0 Å². The van der Waals surface area contributed by atoms with Crippen LogP contribution >= 0.6 is 15.9 Å². The first-order chi connectivity index (χ1) is 9.81. The van der Waals surface area contributed by atoms with Crippen molar-refractivity contribution in [3.8, 4) is 5.75 Å². The van der Waals surface area contributed by atoms with Gasteiger partial charge in [0.15, 0.2) is 6.61 Å². The molecule has 0 heterocycles. The number of phenols is 1. The standard InChI is InChI=1S/C13H15BrN2O5/c1-16(2)12(19)6-15-11(18)7-21-13(20)9-5-8(14)3-4-10(9)17/h3-5,17H,6-7H2,1-2H3,(H,15,18). The predicted molar refractivity (Wildman–Crippen MR) is 77.8 cm³/mol. The molecule has 0 spiro atoms. The lowest BCUT2D eigenvalue weighted by Crippen LogP contribution is -2.38. The number of benzene rings is 1. The molecule has 1 aromatic rings. The van der Waals surface area contributed by atoms with Crippen molar-refractivity contribution >= 4 is 33.7 Å². The Morgan fingerprint density at radius 1 is 1.33 bits per heavy atom. The van der Waals surface area contributed by atoms with Gasteiger partial charge in [0.25, 0.3) is 5.91 Å². The molecule has 0 bridgehead atoms. The van der Waals surface area contributed by atoms with Crippen molar-refractivity contribution in [1.29, 1.82) is 0 Å². The van der Waals surface area contributed by atoms with Crippen LogP contribution in [0.25, 0.3) is 0 Å². The van der Waals surface area contributed by atoms with Crippen molar-refractivity contribution in [2.45, 2.75) is 0 Å². The molecule has 0 aliphatic carbocycles. The number of carbonyl (C=O) groups excluding carboxylic acids is 3. The van der Waals surface area contributed by atoms with Gasteiger partial charge in [0.05, 0.1) is 6.54 Å². The van der Waals surface area contributed by atoms with Gasteiger partial charge in [-0.05, 0) is 18.2 Å². The number of rotatable bonds is 5. The SMILES string of the molecule is CN(C)C(=O)CNC(=O)COC(=O)c1cc(Br)ccc1O. The minimum Gasteiger partial charge on any atom is -0.507 e. The molecule has 8 heteroatoms. The molecule has 21 heavy (non-hydrogen) atoms. The van der Waals surface area contributed by atoms with Gasteiger partial charge in [0.2, 0.25) is 5.91 Å². The van der Waals surface area contributed by atoms with E-state index in [1.165, 1.54) is 17.0 Å². The molecule has 0 fully saturated rings. The fourth-order valence-electron chi connectivity index (χ4n) is 1.26. The van der Waals surface area contributed by atoms with Gasteiger partial charge in [-0.3, -0.25) is 9.59 Å². The Morgan fingerprint density at radius 3 is 2.62 bits per heavy atom. The predicted octanol–water partition coefficient (Wildman–Crippen LogP) is 0.516. The van der Waals surface area contributed by atoms with Gasteiger partial charge in [-0.25, -0.2) is 4.79 Å². The molecule has 0 saturated heterocycles. The maximum Gasteiger partial charge on any atom is 0.342 e. The van der Waals surface area contributed by atoms with Crippen LogP contribution in [0.15, 0.2) is 22.7 Å². The lowest BCUT2D eigenvalue weighted by Gasteiger charge is -2.11. The van der Waals surface area contributed by atoms with E-state index in [4.69, 9.17) is 4.74 Å². The average Bonchev–Trinajstić information content (AvgIpc) is 2.44. The number of phenolic OH excluding ortho intramolecular Hbond substituents is 1. The quantitative estimate of drug-likeness (QED) is 0.748. The number of esters is 1. The first kappa shape index (κ1) is 17.0. The largest absolute Gasteiger partial charge is 0.507 e. The number of amides is 2. The summed E-state index contributed by atoms with van der Waals surface area (Å²) in [7, 11) is 3.12. The van der Waals surface area contributed by atoms with Crippen LogP contribution in [-0.2, 0) is 14.3 Å². The summed E-state index contributed by atoms with van der Waals surface area (Å²) < 4.78 is 5.35. The average molecular weight is 359 g/mol. The van der Waals surface area contributed by atoms with Crippen LogP contribution in [0.2, 0.25) is 0 Å². The molecule has 2 amide bonds. The van der Waals surface area contributed by atoms with Gasteiger partial charge in [0, 0.05) is 18.6 Å². The number of hydrogen-bond donors (Lipinski definition) is 2. The zero-order valence-corrected chi connectivity index (χ0v) is 13.1. The van der Waals surface area contributed by atoms with Crippen molar-refractivity contribution in [1.82, 2.24) is 10.2 Å². The number of likely N-dealkylation sites (N-methyl/N-ethyl adjacent to an activating group) is 1. The summed E-state index contributed by atoms with van der Waals surface area (Å²) in [6.45, 7) is -0.711. The molecule has 1 aromatic carbocycles. The van der Waals surface area contributed by atoms with E-state index >= 15 is 0 Å². The minimum atomic E-state index is -0.831. The Hall–Kier alpha value is -2.09. The Kier molecular flexibility index (Phi) is 6.16. The normalized spacial score (nSPS) is 9.86. The molecular weight excluding hydrogens is 344 g/mol. The van der Waals surface area contributed by atoms with Crippen LogP contribution in [0.4, 0.5) is 0 Å². The summed E-state index contributed by atoms with van der Waals surface area (Å²) >= 11 is 3.16. The molecule has 0 atom stereocenters. The van der Waals surface area contributed by atoms with Crippen molar-refractivity contribution < 1.29 is 24.2 Å². The summed E-state index contributed by atoms with van der Waals surface area (Å²) in [5.74, 6) is -1.96. The topological polar surface area (TPSA) is 95.9 Å². The second-order valence-corrected chi connectivity index (χ2v) is 5.22. The van der Waals surface area contributed by atoms with Gasteiger partial charge >= 0.3 is 5.97 Å². The second kappa shape index (κ2) is 7.63. The minimum absolute atomic E-state index is 0.0541. The van der Waals surface area contributed by atoms with Crippen LogP contribution in [0, 0.1) is 0 Å². The van der Waals surface area contributed by atoms with Crippen molar-refractivity contribution in [3.05, 3.63) is 28.2 Å². The fraction of sp³-hybridized carbons (Fsp3) is 0.308. The van der Waals surface area contributed by atoms with E-state index in [1.54, 1.807) is 20.2 Å². The van der Waals surface area contributed by atoms with Crippen LogP contribution < -0.4 is 5.32 Å². The number of hydrogen-bond acceptors (Lipinski definition) is 5. The number of nitrogens with one attached hydrogen (secondary N) is 1. The van der Waals surface area contributed by atoms with E-state index in [0.717, 1.165) is 0 Å². The number of carbonyl (C=O) groups is 3. The van der Waals surface area contributed by atoms with Crippen LogP contribution in [-0.4, -0.2) is 55.0 Å². The zero-order valence-electron chi connectivity index (χ0n) is 11.6. The number of halogens is 1. The van der Waals surface area contributed by atoms with Crippen molar-refractivity contribution in [3.63, 3.8) is 0 Å². The van der Waals surface area contributed by atoms with E-state index in [2.05, 4.69) is 21.2 Å². The second-order valence-electron chi connectivity index (χ2n) is 4.30. The van der Waals surface area contributed by atoms with Crippen LogP contribution in [0.1, 0.15) is 10.4 Å². The summed E-state index contributed by atoms with van der Waals surface area (Å²) in [5.41, 5.74) is -0.0541. The van der Waals surface area contributed by atoms with Crippen molar-refractivity contribution in [2.75, 3.05) is 27.2 Å². The molecule has 114 valence electrons. The van der Waals surface area contributed by atoms with Crippen molar-refractivity contribution in [2.24, 2.45) is 0 Å². The molecule has 2 N–H and O–H groups in total. The molecule has 0 aliphatic heterocycles. The number of aromatic hydroxyl groups is 1. The van der Waals surface area contributed by atoms with Gasteiger partial charge in [-0.2, -0.15) is 0 Å². The van der Waals surface area contributed by atoms with Gasteiger partial charge in [-0.1, -0.05) is 15.9 Å². The smallest absolute Gasteiger partial charge is 0.342 e. The molecular formula is C13H15BrN2O5. The maximum atomic E-state index is 11.7. The lowest BCUT2D eigenvalue weighted by molar-refractivity contribution is -0.131. The Bertz CT molecular complexity index is 559. The number of nitrogens with zero attached hydrogens (tertiary/aromatic N) is 1. The Labute approximate surface area is 130 Å². The third kappa shape index (κ3) is 5.42. The fourth-order valence-corrected chi connectivity index (χ4v) is 1.63. The summed E-state index contributed by atoms with van der Waals surface area (Å²) in [5, 5.41) is 11.9. The molecule has 0 radical (unpaired) electrons. The van der Waals surface area contributed by atoms with E-state index in [-0.39, 0.29) is 23.8 Å². The summed E-state index contributed by atoms with van der Waals surface area (Å²) in [6, 6.07) is 4.27. The van der Waals surface area contributed by atoms with Gasteiger partial charge in [-0.15, -0.1) is 0 Å². The molecule has 0 aromatic heterocycles. The highest BCUT2D eigenvalue weighted by Crippen LogP contribution is 2.22. The van der Waals surface area contributed by atoms with Crippen LogP contribution in [0.5, 0.6) is 5.75 Å². The first-order valence-electron chi connectivity index (χ1n) is 5.93. The zero-order chi connectivity index (χ0) is 16.0. The summed E-state index contributed by atoms with van der Waals surface area (Å²) in [4.78, 5) is 35.7. The molecule has 0 saturated carbocycles. The monoisotopic (exact) mass is 358 g/mol. The Morgan fingerprint density at radius 2 is 2.00 bits per heavy atom.